The molecule has 1 N–H and O–H groups in total. The molecule has 28 heavy (non-hydrogen) atoms. The van der Waals surface area contributed by atoms with Crippen LogP contribution in [-0.4, -0.2) is 27.8 Å². The van der Waals surface area contributed by atoms with E-state index in [-0.39, 0.29) is 5.78 Å². The SMILES string of the molecule is COc1cc(CSc2nc3cc4c(cc3[nH]2)C(C)(C)C(=O)C4(C)C)ncc1C. The van der Waals surface area contributed by atoms with Gasteiger partial charge in [-0.05, 0) is 57.9 Å². The average Bonchev–Trinajstić information content (AvgIpc) is 3.12. The predicted octanol–water partition coefficient (Wildman–Crippen LogP) is 4.71. The van der Waals surface area contributed by atoms with Gasteiger partial charge in [0.2, 0.25) is 0 Å². The van der Waals surface area contributed by atoms with Gasteiger partial charge in [-0.25, -0.2) is 4.98 Å². The topological polar surface area (TPSA) is 67.9 Å². The molecular formula is C22H25N3O2S. The standard InChI is InChI=1S/C22H25N3O2S/c1-12-10-23-13(7-18(12)27-6)11-28-20-24-16-8-14-15(9-17(16)25-20)22(4,5)19(26)21(14,2)3/h7-10H,11H2,1-6H3,(H,24,25). The van der Waals surface area contributed by atoms with Crippen LogP contribution in [-0.2, 0) is 21.4 Å². The van der Waals surface area contributed by atoms with Gasteiger partial charge in [-0.1, -0.05) is 11.8 Å². The number of H-pyrrole nitrogens is 1. The summed E-state index contributed by atoms with van der Waals surface area (Å²) < 4.78 is 5.38. The maximum Gasteiger partial charge on any atom is 0.166 e. The van der Waals surface area contributed by atoms with E-state index in [1.165, 1.54) is 0 Å². The minimum absolute atomic E-state index is 0.261. The summed E-state index contributed by atoms with van der Waals surface area (Å²) in [5.74, 6) is 1.81. The monoisotopic (exact) mass is 395 g/mol. The van der Waals surface area contributed by atoms with Gasteiger partial charge in [-0.15, -0.1) is 0 Å². The number of pyridine rings is 1. The number of carbonyl (C=O) groups is 1. The summed E-state index contributed by atoms with van der Waals surface area (Å²) in [5.41, 5.74) is 5.05. The molecule has 1 aliphatic rings. The van der Waals surface area contributed by atoms with Gasteiger partial charge in [-0.3, -0.25) is 9.78 Å². The van der Waals surface area contributed by atoms with E-state index in [1.54, 1.807) is 18.9 Å². The third-order valence-corrected chi connectivity index (χ3v) is 6.68. The average molecular weight is 396 g/mol. The number of aromatic nitrogens is 3. The number of hydrogen-bond acceptors (Lipinski definition) is 5. The third-order valence-electron chi connectivity index (χ3n) is 5.77. The van der Waals surface area contributed by atoms with Crippen molar-refractivity contribution in [3.05, 3.63) is 46.8 Å². The number of aromatic amines is 1. The zero-order chi connectivity index (χ0) is 20.3. The number of ether oxygens (including phenoxy) is 1. The van der Waals surface area contributed by atoms with Crippen molar-refractivity contribution in [3.8, 4) is 5.75 Å². The summed E-state index contributed by atoms with van der Waals surface area (Å²) in [6.07, 6.45) is 1.83. The third kappa shape index (κ3) is 2.82. The van der Waals surface area contributed by atoms with Gasteiger partial charge >= 0.3 is 0 Å². The molecular weight excluding hydrogens is 370 g/mol. The molecule has 5 nitrogen and oxygen atoms in total. The van der Waals surface area contributed by atoms with E-state index in [9.17, 15) is 4.79 Å². The summed E-state index contributed by atoms with van der Waals surface area (Å²) in [6.45, 7) is 10.0. The zero-order valence-electron chi connectivity index (χ0n) is 17.1. The van der Waals surface area contributed by atoms with Crippen molar-refractivity contribution in [3.63, 3.8) is 0 Å². The molecule has 1 aliphatic carbocycles. The van der Waals surface area contributed by atoms with E-state index >= 15 is 0 Å². The lowest BCUT2D eigenvalue weighted by Gasteiger charge is -2.21. The van der Waals surface area contributed by atoms with Gasteiger partial charge in [0.05, 0.1) is 23.8 Å². The number of aryl methyl sites for hydroxylation is 1. The number of thioether (sulfide) groups is 1. The second kappa shape index (κ2) is 6.34. The van der Waals surface area contributed by atoms with Crippen molar-refractivity contribution < 1.29 is 9.53 Å². The van der Waals surface area contributed by atoms with E-state index < -0.39 is 10.8 Å². The Morgan fingerprint density at radius 2 is 1.79 bits per heavy atom. The number of ketones is 1. The molecule has 0 unspecified atom stereocenters. The number of methoxy groups -OCH3 is 1. The molecule has 0 spiro atoms. The lowest BCUT2D eigenvalue weighted by atomic mass is 9.80. The number of hydrogen-bond donors (Lipinski definition) is 1. The van der Waals surface area contributed by atoms with Crippen molar-refractivity contribution in [1.82, 2.24) is 15.0 Å². The molecule has 2 aromatic heterocycles. The molecule has 0 fully saturated rings. The first-order chi connectivity index (χ1) is 13.1. The van der Waals surface area contributed by atoms with Gasteiger partial charge < -0.3 is 9.72 Å². The Labute approximate surface area is 169 Å². The molecule has 0 saturated carbocycles. The number of Topliss-reactive ketones (excluding diaryl/α,β-unsaturated/α-hetero) is 1. The number of nitrogens with zero attached hydrogens (tertiary/aromatic N) is 2. The fourth-order valence-corrected chi connectivity index (χ4v) is 4.94. The quantitative estimate of drug-likeness (QED) is 0.648. The molecule has 4 rings (SSSR count). The lowest BCUT2D eigenvalue weighted by molar-refractivity contribution is -0.126. The van der Waals surface area contributed by atoms with Gasteiger partial charge in [0.25, 0.3) is 0 Å². The summed E-state index contributed by atoms with van der Waals surface area (Å²) in [5, 5.41) is 0.849. The Bertz CT molecular complexity index is 1040. The number of nitrogens with one attached hydrogen (secondary N) is 1. The van der Waals surface area contributed by atoms with Crippen molar-refractivity contribution in [2.45, 2.75) is 56.4 Å². The maximum atomic E-state index is 12.9. The Hall–Kier alpha value is -2.34. The largest absolute Gasteiger partial charge is 0.496 e. The fraction of sp³-hybridized carbons (Fsp3) is 0.409. The maximum absolute atomic E-state index is 12.9. The highest BCUT2D eigenvalue weighted by Crippen LogP contribution is 2.47. The van der Waals surface area contributed by atoms with Crippen LogP contribution in [0.2, 0.25) is 0 Å². The van der Waals surface area contributed by atoms with Crippen LogP contribution in [0.1, 0.15) is 50.1 Å². The number of carbonyl (C=O) groups excluding carboxylic acids is 1. The predicted molar refractivity (Wildman–Crippen MR) is 112 cm³/mol. The van der Waals surface area contributed by atoms with Crippen molar-refractivity contribution >= 4 is 28.6 Å². The minimum atomic E-state index is -0.484. The second-order valence-electron chi connectivity index (χ2n) is 8.47. The van der Waals surface area contributed by atoms with Gasteiger partial charge in [-0.2, -0.15) is 0 Å². The molecule has 0 bridgehead atoms. The highest BCUT2D eigenvalue weighted by atomic mass is 32.2. The highest BCUT2D eigenvalue weighted by molar-refractivity contribution is 7.98. The number of benzene rings is 1. The van der Waals surface area contributed by atoms with Crippen LogP contribution in [0.25, 0.3) is 11.0 Å². The second-order valence-corrected chi connectivity index (χ2v) is 9.43. The van der Waals surface area contributed by atoms with Crippen LogP contribution in [0.4, 0.5) is 0 Å². The molecule has 3 aromatic rings. The Balaban J connectivity index is 1.64. The van der Waals surface area contributed by atoms with Crippen LogP contribution < -0.4 is 4.74 Å². The van der Waals surface area contributed by atoms with E-state index in [4.69, 9.17) is 9.72 Å². The first kappa shape index (κ1) is 19.0. The fourth-order valence-electron chi connectivity index (χ4n) is 4.15. The summed E-state index contributed by atoms with van der Waals surface area (Å²) in [6, 6.07) is 6.14. The molecule has 2 heterocycles. The molecule has 0 aliphatic heterocycles. The van der Waals surface area contributed by atoms with Gasteiger partial charge in [0, 0.05) is 34.4 Å². The molecule has 0 saturated heterocycles. The molecule has 6 heteroatoms. The van der Waals surface area contributed by atoms with E-state index in [2.05, 4.69) is 22.1 Å². The van der Waals surface area contributed by atoms with Crippen LogP contribution in [0, 0.1) is 6.92 Å². The van der Waals surface area contributed by atoms with Crippen LogP contribution >= 0.6 is 11.8 Å². The molecule has 146 valence electrons. The van der Waals surface area contributed by atoms with Gasteiger partial charge in [0.15, 0.2) is 10.9 Å². The smallest absolute Gasteiger partial charge is 0.166 e. The molecule has 0 amide bonds. The first-order valence-electron chi connectivity index (χ1n) is 9.36. The molecule has 1 aromatic carbocycles. The van der Waals surface area contributed by atoms with E-state index in [0.29, 0.717) is 5.75 Å². The summed E-state index contributed by atoms with van der Waals surface area (Å²) in [7, 11) is 1.67. The van der Waals surface area contributed by atoms with Crippen molar-refractivity contribution in [2.75, 3.05) is 7.11 Å². The van der Waals surface area contributed by atoms with Crippen molar-refractivity contribution in [1.29, 1.82) is 0 Å². The summed E-state index contributed by atoms with van der Waals surface area (Å²) >= 11 is 1.61. The molecule has 0 radical (unpaired) electrons. The Morgan fingerprint density at radius 1 is 1.11 bits per heavy atom. The normalized spacial score (nSPS) is 17.1. The highest BCUT2D eigenvalue weighted by Gasteiger charge is 2.50. The van der Waals surface area contributed by atoms with E-state index in [1.807, 2.05) is 46.9 Å². The lowest BCUT2D eigenvalue weighted by Crippen LogP contribution is -2.33. The Kier molecular flexibility index (Phi) is 4.30. The van der Waals surface area contributed by atoms with Crippen molar-refractivity contribution in [2.24, 2.45) is 0 Å². The van der Waals surface area contributed by atoms with E-state index in [0.717, 1.165) is 44.3 Å². The minimum Gasteiger partial charge on any atom is -0.496 e. The summed E-state index contributed by atoms with van der Waals surface area (Å²) in [4.78, 5) is 25.5. The van der Waals surface area contributed by atoms with Crippen LogP contribution in [0.15, 0.2) is 29.6 Å². The van der Waals surface area contributed by atoms with Crippen LogP contribution in [0.5, 0.6) is 5.75 Å². The Morgan fingerprint density at radius 3 is 2.46 bits per heavy atom. The molecule has 0 atom stereocenters. The first-order valence-corrected chi connectivity index (χ1v) is 10.3. The van der Waals surface area contributed by atoms with Crippen LogP contribution in [0.3, 0.4) is 0 Å². The number of rotatable bonds is 4. The zero-order valence-corrected chi connectivity index (χ0v) is 18.0. The number of fused-ring (bicyclic) bond motifs is 2. The number of imidazole rings is 1. The van der Waals surface area contributed by atoms with Gasteiger partial charge in [0.1, 0.15) is 5.75 Å².